The molecule has 0 aliphatic heterocycles. The first kappa shape index (κ1) is 19.6. The third kappa shape index (κ3) is 4.25. The number of carbonyl (C=O) groups is 2. The van der Waals surface area contributed by atoms with E-state index in [1.165, 1.54) is 0 Å². The molecule has 1 aromatic heterocycles. The van der Waals surface area contributed by atoms with Crippen molar-refractivity contribution in [1.29, 1.82) is 0 Å². The number of carbonyl (C=O) groups excluding carboxylic acids is 2. The number of ether oxygens (including phenoxy) is 2. The van der Waals surface area contributed by atoms with Crippen molar-refractivity contribution in [2.24, 2.45) is 0 Å². The smallest absolute Gasteiger partial charge is 0.355 e. The van der Waals surface area contributed by atoms with Gasteiger partial charge in [0.05, 0.1) is 6.61 Å². The molecule has 6 heteroatoms. The topological polar surface area (TPSA) is 68.4 Å². The number of nitrogens with one attached hydrogen (secondary N) is 1. The van der Waals surface area contributed by atoms with Crippen LogP contribution in [-0.4, -0.2) is 36.6 Å². The molecule has 0 bridgehead atoms. The van der Waals surface area contributed by atoms with Crippen LogP contribution >= 0.6 is 11.6 Å². The third-order valence-electron chi connectivity index (χ3n) is 4.85. The van der Waals surface area contributed by atoms with Crippen molar-refractivity contribution in [3.63, 3.8) is 0 Å². The molecule has 1 atom stereocenters. The first-order valence-electron chi connectivity index (χ1n) is 9.26. The average Bonchev–Trinajstić information content (AvgIpc) is 2.99. The van der Waals surface area contributed by atoms with Crippen LogP contribution in [0.15, 0.2) is 24.3 Å². The summed E-state index contributed by atoms with van der Waals surface area (Å²) in [4.78, 5) is 28.2. The second-order valence-corrected chi connectivity index (χ2v) is 7.18. The van der Waals surface area contributed by atoms with Crippen LogP contribution in [0.3, 0.4) is 0 Å². The fourth-order valence-electron chi connectivity index (χ4n) is 3.58. The maximum atomic E-state index is 12.7. The van der Waals surface area contributed by atoms with Gasteiger partial charge in [-0.05, 0) is 42.9 Å². The number of fused-ring (bicyclic) bond motifs is 1. The molecule has 1 aliphatic carbocycles. The molecule has 27 heavy (non-hydrogen) atoms. The summed E-state index contributed by atoms with van der Waals surface area (Å²) < 4.78 is 10.6. The maximum Gasteiger partial charge on any atom is 0.355 e. The minimum atomic E-state index is -0.455. The van der Waals surface area contributed by atoms with E-state index in [1.54, 1.807) is 6.92 Å². The summed E-state index contributed by atoms with van der Waals surface area (Å²) in [5, 5.41) is 0.661. The van der Waals surface area contributed by atoms with E-state index in [0.29, 0.717) is 47.9 Å². The van der Waals surface area contributed by atoms with Crippen molar-refractivity contribution in [3.05, 3.63) is 57.4 Å². The Hall–Kier alpha value is -2.11. The van der Waals surface area contributed by atoms with Gasteiger partial charge in [-0.1, -0.05) is 36.7 Å². The highest BCUT2D eigenvalue weighted by molar-refractivity contribution is 6.31. The molecule has 0 spiro atoms. The summed E-state index contributed by atoms with van der Waals surface area (Å²) in [6.07, 6.45) is 1.94. The summed E-state index contributed by atoms with van der Waals surface area (Å²) in [5.41, 5.74) is 3.37. The van der Waals surface area contributed by atoms with Crippen molar-refractivity contribution >= 4 is 23.4 Å². The molecule has 0 amide bonds. The zero-order chi connectivity index (χ0) is 19.4. The number of halogens is 1. The number of rotatable bonds is 7. The van der Waals surface area contributed by atoms with Crippen LogP contribution in [0.1, 0.15) is 63.4 Å². The van der Waals surface area contributed by atoms with E-state index in [1.807, 2.05) is 31.2 Å². The first-order valence-corrected chi connectivity index (χ1v) is 9.64. The fourth-order valence-corrected chi connectivity index (χ4v) is 3.87. The highest BCUT2D eigenvalue weighted by Crippen LogP contribution is 2.37. The van der Waals surface area contributed by atoms with E-state index < -0.39 is 5.97 Å². The fraction of sp³-hybridized carbons (Fsp3) is 0.429. The van der Waals surface area contributed by atoms with Gasteiger partial charge in [-0.3, -0.25) is 4.79 Å². The molecule has 1 heterocycles. The number of hydrogen-bond donors (Lipinski definition) is 1. The molecule has 5 nitrogen and oxygen atoms in total. The van der Waals surface area contributed by atoms with Crippen LogP contribution in [-0.2, 0) is 15.9 Å². The molecule has 0 unspecified atom stereocenters. The van der Waals surface area contributed by atoms with E-state index in [2.05, 4.69) is 4.98 Å². The zero-order valence-electron chi connectivity index (χ0n) is 15.6. The Morgan fingerprint density at radius 2 is 2.00 bits per heavy atom. The van der Waals surface area contributed by atoms with E-state index in [4.69, 9.17) is 21.1 Å². The van der Waals surface area contributed by atoms with Crippen LogP contribution in [0.25, 0.3) is 0 Å². The standard InChI is InChI=1S/C21H24ClNO4/c1-3-8-26-9-10-27-21(25)20-13(2)19-17(23-20)11-14(12-18(19)24)15-6-4-5-7-16(15)22/h4-7,14,23H,3,8-12H2,1-2H3/t14-/m1/s1. The molecule has 0 radical (unpaired) electrons. The predicted octanol–water partition coefficient (Wildman–Crippen LogP) is 4.47. The van der Waals surface area contributed by atoms with E-state index in [0.717, 1.165) is 17.7 Å². The number of Topliss-reactive ketones (excluding diaryl/α,β-unsaturated/α-hetero) is 1. The molecule has 1 N–H and O–H groups in total. The highest BCUT2D eigenvalue weighted by Gasteiger charge is 2.32. The quantitative estimate of drug-likeness (QED) is 0.560. The summed E-state index contributed by atoms with van der Waals surface area (Å²) in [7, 11) is 0. The maximum absolute atomic E-state index is 12.7. The molecule has 0 fully saturated rings. The Labute approximate surface area is 164 Å². The number of aromatic amines is 1. The molecule has 3 rings (SSSR count). The Bertz CT molecular complexity index is 843. The SMILES string of the molecule is CCCOCCOC(=O)c1[nH]c2c(c1C)C(=O)C[C@H](c1ccccc1Cl)C2. The van der Waals surface area contributed by atoms with Crippen LogP contribution in [0, 0.1) is 6.92 Å². The van der Waals surface area contributed by atoms with Gasteiger partial charge in [0.2, 0.25) is 0 Å². The molecule has 1 aromatic carbocycles. The minimum absolute atomic E-state index is 0.00284. The van der Waals surface area contributed by atoms with Crippen molar-refractivity contribution in [3.8, 4) is 0 Å². The molecule has 144 valence electrons. The van der Waals surface area contributed by atoms with Gasteiger partial charge in [0.1, 0.15) is 12.3 Å². The Morgan fingerprint density at radius 3 is 2.74 bits per heavy atom. The van der Waals surface area contributed by atoms with Crippen LogP contribution in [0.2, 0.25) is 5.02 Å². The normalized spacial score (nSPS) is 16.3. The van der Waals surface area contributed by atoms with E-state index >= 15 is 0 Å². The molecule has 2 aromatic rings. The van der Waals surface area contributed by atoms with Gasteiger partial charge in [0.15, 0.2) is 5.78 Å². The van der Waals surface area contributed by atoms with E-state index in [9.17, 15) is 9.59 Å². The molecule has 1 aliphatic rings. The van der Waals surface area contributed by atoms with Gasteiger partial charge in [-0.15, -0.1) is 0 Å². The second-order valence-electron chi connectivity index (χ2n) is 6.78. The third-order valence-corrected chi connectivity index (χ3v) is 5.19. The highest BCUT2D eigenvalue weighted by atomic mass is 35.5. The number of benzene rings is 1. The van der Waals surface area contributed by atoms with Gasteiger partial charge >= 0.3 is 5.97 Å². The second kappa shape index (κ2) is 8.72. The Kier molecular flexibility index (Phi) is 6.34. The summed E-state index contributed by atoms with van der Waals surface area (Å²) in [5.74, 6) is -0.424. The van der Waals surface area contributed by atoms with Gasteiger partial charge in [-0.25, -0.2) is 4.79 Å². The first-order chi connectivity index (χ1) is 13.0. The van der Waals surface area contributed by atoms with Crippen LogP contribution in [0.4, 0.5) is 0 Å². The van der Waals surface area contributed by atoms with E-state index in [-0.39, 0.29) is 18.3 Å². The predicted molar refractivity (Wildman–Crippen MR) is 104 cm³/mol. The van der Waals surface area contributed by atoms with Crippen molar-refractivity contribution in [2.45, 2.75) is 39.0 Å². The van der Waals surface area contributed by atoms with Crippen LogP contribution in [0.5, 0.6) is 0 Å². The van der Waals surface area contributed by atoms with Gasteiger partial charge in [0.25, 0.3) is 0 Å². The number of hydrogen-bond acceptors (Lipinski definition) is 4. The Morgan fingerprint density at radius 1 is 1.22 bits per heavy atom. The molecule has 0 saturated heterocycles. The Balaban J connectivity index is 1.75. The number of ketones is 1. The van der Waals surface area contributed by atoms with Gasteiger partial charge in [-0.2, -0.15) is 0 Å². The zero-order valence-corrected chi connectivity index (χ0v) is 16.4. The molecular formula is C21H24ClNO4. The minimum Gasteiger partial charge on any atom is -0.459 e. The summed E-state index contributed by atoms with van der Waals surface area (Å²) in [6, 6.07) is 7.58. The molecule has 0 saturated carbocycles. The number of H-pyrrole nitrogens is 1. The van der Waals surface area contributed by atoms with Crippen LogP contribution < -0.4 is 0 Å². The lowest BCUT2D eigenvalue weighted by molar-refractivity contribution is 0.0312. The lowest BCUT2D eigenvalue weighted by atomic mass is 9.81. The van der Waals surface area contributed by atoms with Crippen molar-refractivity contribution in [1.82, 2.24) is 4.98 Å². The average molecular weight is 390 g/mol. The van der Waals surface area contributed by atoms with Gasteiger partial charge < -0.3 is 14.5 Å². The number of aromatic nitrogens is 1. The summed E-state index contributed by atoms with van der Waals surface area (Å²) >= 11 is 6.31. The number of esters is 1. The van der Waals surface area contributed by atoms with Gasteiger partial charge in [0, 0.05) is 29.3 Å². The summed E-state index contributed by atoms with van der Waals surface area (Å²) in [6.45, 7) is 5.01. The lowest BCUT2D eigenvalue weighted by Crippen LogP contribution is -2.18. The van der Waals surface area contributed by atoms with Crippen molar-refractivity contribution in [2.75, 3.05) is 19.8 Å². The lowest BCUT2D eigenvalue weighted by Gasteiger charge is -2.22. The molecular weight excluding hydrogens is 366 g/mol. The monoisotopic (exact) mass is 389 g/mol. The van der Waals surface area contributed by atoms with Crippen molar-refractivity contribution < 1.29 is 19.1 Å². The largest absolute Gasteiger partial charge is 0.459 e.